The van der Waals surface area contributed by atoms with Crippen molar-refractivity contribution in [3.63, 3.8) is 0 Å². The highest BCUT2D eigenvalue weighted by molar-refractivity contribution is 5.69. The monoisotopic (exact) mass is 235 g/mol. The number of carbonyl (C=O) groups is 1. The number of rotatable bonds is 5. The third kappa shape index (κ3) is 4.47. The summed E-state index contributed by atoms with van der Waals surface area (Å²) in [6.07, 6.45) is 0.946. The van der Waals surface area contributed by atoms with Crippen LogP contribution in [-0.4, -0.2) is 12.6 Å². The van der Waals surface area contributed by atoms with Crippen LogP contribution >= 0.6 is 0 Å². The largest absolute Gasteiger partial charge is 0.493 e. The maximum absolute atomic E-state index is 10.9. The van der Waals surface area contributed by atoms with E-state index in [1.807, 2.05) is 32.9 Å². The Balaban J connectivity index is 2.96. The van der Waals surface area contributed by atoms with Crippen LogP contribution in [0.1, 0.15) is 39.7 Å². The van der Waals surface area contributed by atoms with Gasteiger partial charge in [-0.15, -0.1) is 0 Å². The van der Waals surface area contributed by atoms with Crippen molar-refractivity contribution in [1.82, 2.24) is 0 Å². The van der Waals surface area contributed by atoms with Crippen LogP contribution in [0.15, 0.2) is 18.2 Å². The number of esters is 1. The van der Waals surface area contributed by atoms with Crippen LogP contribution < -0.4 is 9.47 Å². The van der Waals surface area contributed by atoms with Gasteiger partial charge in [0.2, 0.25) is 0 Å². The van der Waals surface area contributed by atoms with Crippen molar-refractivity contribution in [3.8, 4) is 11.5 Å². The van der Waals surface area contributed by atoms with Crippen molar-refractivity contribution in [1.29, 1.82) is 0 Å². The standard InChI is InChI=1S/C14H19O3/c1-5-6-16-13-7-12(10(2)3)8-14(9-13)17-11(4)15/h7-9H,5-6H2,1-4H3. The lowest BCUT2D eigenvalue weighted by Gasteiger charge is -2.12. The minimum absolute atomic E-state index is 0.322. The first-order valence-corrected chi connectivity index (χ1v) is 5.79. The summed E-state index contributed by atoms with van der Waals surface area (Å²) in [5, 5.41) is 0. The second-order valence-electron chi connectivity index (χ2n) is 4.14. The van der Waals surface area contributed by atoms with Crippen molar-refractivity contribution >= 4 is 5.97 Å². The van der Waals surface area contributed by atoms with Crippen LogP contribution in [0.3, 0.4) is 0 Å². The van der Waals surface area contributed by atoms with E-state index in [2.05, 4.69) is 0 Å². The van der Waals surface area contributed by atoms with Gasteiger partial charge in [0.05, 0.1) is 6.61 Å². The van der Waals surface area contributed by atoms with Gasteiger partial charge < -0.3 is 9.47 Å². The van der Waals surface area contributed by atoms with Crippen LogP contribution in [0, 0.1) is 5.92 Å². The topological polar surface area (TPSA) is 35.5 Å². The van der Waals surface area contributed by atoms with E-state index in [0.29, 0.717) is 12.4 Å². The van der Waals surface area contributed by atoms with Crippen molar-refractivity contribution in [2.45, 2.75) is 34.1 Å². The fourth-order valence-electron chi connectivity index (χ4n) is 1.39. The van der Waals surface area contributed by atoms with Gasteiger partial charge in [-0.05, 0) is 30.0 Å². The van der Waals surface area contributed by atoms with E-state index in [-0.39, 0.29) is 5.97 Å². The SMILES string of the molecule is CCCOc1cc(OC(C)=O)cc([C](C)C)c1. The van der Waals surface area contributed by atoms with Gasteiger partial charge in [-0.1, -0.05) is 20.8 Å². The molecule has 1 radical (unpaired) electrons. The molecule has 1 rings (SSSR count). The number of benzene rings is 1. The molecule has 0 amide bonds. The van der Waals surface area contributed by atoms with Gasteiger partial charge in [-0.25, -0.2) is 0 Å². The summed E-state index contributed by atoms with van der Waals surface area (Å²) in [7, 11) is 0. The average molecular weight is 235 g/mol. The fourth-order valence-corrected chi connectivity index (χ4v) is 1.39. The maximum atomic E-state index is 10.9. The molecule has 0 aromatic heterocycles. The van der Waals surface area contributed by atoms with Crippen LogP contribution in [0.5, 0.6) is 11.5 Å². The summed E-state index contributed by atoms with van der Waals surface area (Å²) in [4.78, 5) is 10.9. The van der Waals surface area contributed by atoms with Gasteiger partial charge in [0.15, 0.2) is 0 Å². The van der Waals surface area contributed by atoms with E-state index in [1.165, 1.54) is 6.92 Å². The fraction of sp³-hybridized carbons (Fsp3) is 0.429. The Kier molecular flexibility index (Phi) is 5.01. The molecule has 0 saturated carbocycles. The molecule has 0 atom stereocenters. The molecule has 3 heteroatoms. The molecule has 3 nitrogen and oxygen atoms in total. The Bertz CT molecular complexity index is 383. The van der Waals surface area contributed by atoms with E-state index < -0.39 is 0 Å². The van der Waals surface area contributed by atoms with E-state index >= 15 is 0 Å². The Morgan fingerprint density at radius 3 is 2.29 bits per heavy atom. The molecule has 0 unspecified atom stereocenters. The zero-order valence-corrected chi connectivity index (χ0v) is 10.9. The minimum atomic E-state index is -0.322. The van der Waals surface area contributed by atoms with E-state index in [0.717, 1.165) is 23.7 Å². The summed E-state index contributed by atoms with van der Waals surface area (Å²) in [6.45, 7) is 8.12. The molecular weight excluding hydrogens is 216 g/mol. The zero-order chi connectivity index (χ0) is 12.8. The predicted molar refractivity (Wildman–Crippen MR) is 67.2 cm³/mol. The second kappa shape index (κ2) is 6.28. The lowest BCUT2D eigenvalue weighted by Crippen LogP contribution is -2.03. The first-order valence-electron chi connectivity index (χ1n) is 5.79. The molecule has 0 aliphatic rings. The molecule has 0 fully saturated rings. The normalized spacial score (nSPS) is 10.4. The van der Waals surface area contributed by atoms with Crippen molar-refractivity contribution in [2.75, 3.05) is 6.61 Å². The molecule has 0 saturated heterocycles. The quantitative estimate of drug-likeness (QED) is 0.580. The smallest absolute Gasteiger partial charge is 0.308 e. The molecule has 0 aliphatic heterocycles. The summed E-state index contributed by atoms with van der Waals surface area (Å²) in [5.74, 6) is 2.10. The van der Waals surface area contributed by atoms with E-state index in [1.54, 1.807) is 6.07 Å². The highest BCUT2D eigenvalue weighted by Gasteiger charge is 2.08. The number of hydrogen-bond acceptors (Lipinski definition) is 3. The Hall–Kier alpha value is -1.51. The van der Waals surface area contributed by atoms with Crippen LogP contribution in [-0.2, 0) is 4.79 Å². The number of carbonyl (C=O) groups excluding carboxylic acids is 1. The van der Waals surface area contributed by atoms with Crippen LogP contribution in [0.4, 0.5) is 0 Å². The summed E-state index contributed by atoms with van der Waals surface area (Å²) in [5.41, 5.74) is 1.02. The third-order valence-corrected chi connectivity index (χ3v) is 2.19. The van der Waals surface area contributed by atoms with Crippen LogP contribution in [0.25, 0.3) is 0 Å². The van der Waals surface area contributed by atoms with Crippen LogP contribution in [0.2, 0.25) is 0 Å². The molecule has 0 N–H and O–H groups in total. The van der Waals surface area contributed by atoms with Gasteiger partial charge in [0.1, 0.15) is 11.5 Å². The minimum Gasteiger partial charge on any atom is -0.493 e. The molecular formula is C14H19O3. The van der Waals surface area contributed by atoms with Gasteiger partial charge in [0, 0.05) is 13.0 Å². The second-order valence-corrected chi connectivity index (χ2v) is 4.14. The van der Waals surface area contributed by atoms with Crippen molar-refractivity contribution < 1.29 is 14.3 Å². The molecule has 0 aliphatic carbocycles. The average Bonchev–Trinajstić information content (AvgIpc) is 2.25. The highest BCUT2D eigenvalue weighted by Crippen LogP contribution is 2.27. The van der Waals surface area contributed by atoms with Crippen molar-refractivity contribution in [3.05, 3.63) is 29.7 Å². The molecule has 0 heterocycles. The molecule has 0 spiro atoms. The van der Waals surface area contributed by atoms with Gasteiger partial charge >= 0.3 is 5.97 Å². The third-order valence-electron chi connectivity index (χ3n) is 2.19. The Morgan fingerprint density at radius 2 is 1.76 bits per heavy atom. The number of hydrogen-bond donors (Lipinski definition) is 0. The zero-order valence-electron chi connectivity index (χ0n) is 10.9. The van der Waals surface area contributed by atoms with Crippen molar-refractivity contribution in [2.24, 2.45) is 0 Å². The molecule has 17 heavy (non-hydrogen) atoms. The van der Waals surface area contributed by atoms with Gasteiger partial charge in [-0.2, -0.15) is 0 Å². The van der Waals surface area contributed by atoms with E-state index in [9.17, 15) is 4.79 Å². The number of ether oxygens (including phenoxy) is 2. The predicted octanol–water partition coefficient (Wildman–Crippen LogP) is 3.36. The first-order chi connectivity index (χ1) is 8.02. The Morgan fingerprint density at radius 1 is 1.12 bits per heavy atom. The summed E-state index contributed by atoms with van der Waals surface area (Å²) >= 11 is 0. The lowest BCUT2D eigenvalue weighted by atomic mass is 10.0. The van der Waals surface area contributed by atoms with Gasteiger partial charge in [0.25, 0.3) is 0 Å². The Labute approximate surface area is 103 Å². The summed E-state index contributed by atoms with van der Waals surface area (Å²) < 4.78 is 10.7. The first kappa shape index (κ1) is 13.6. The summed E-state index contributed by atoms with van der Waals surface area (Å²) in [6, 6.07) is 5.54. The molecule has 93 valence electrons. The van der Waals surface area contributed by atoms with E-state index in [4.69, 9.17) is 9.47 Å². The molecule has 0 bridgehead atoms. The highest BCUT2D eigenvalue weighted by atomic mass is 16.5. The van der Waals surface area contributed by atoms with Gasteiger partial charge in [-0.3, -0.25) is 4.79 Å². The molecule has 1 aromatic rings. The maximum Gasteiger partial charge on any atom is 0.308 e. The molecule has 1 aromatic carbocycles. The lowest BCUT2D eigenvalue weighted by molar-refractivity contribution is -0.131.